The molecule has 20 heavy (non-hydrogen) atoms. The van der Waals surface area contributed by atoms with Crippen molar-refractivity contribution in [3.05, 3.63) is 65.5 Å². The van der Waals surface area contributed by atoms with Crippen LogP contribution in [0.25, 0.3) is 5.57 Å². The van der Waals surface area contributed by atoms with E-state index in [0.717, 1.165) is 11.1 Å². The van der Waals surface area contributed by atoms with Gasteiger partial charge in [0.25, 0.3) is 0 Å². The van der Waals surface area contributed by atoms with E-state index in [4.69, 9.17) is 9.94 Å². The maximum absolute atomic E-state index is 9.38. The summed E-state index contributed by atoms with van der Waals surface area (Å²) in [6.07, 6.45) is 5.08. The summed E-state index contributed by atoms with van der Waals surface area (Å²) in [4.78, 5) is 0. The summed E-state index contributed by atoms with van der Waals surface area (Å²) in [5.74, 6) is 0.455. The third kappa shape index (κ3) is 2.78. The highest BCUT2D eigenvalue weighted by Crippen LogP contribution is 2.24. The fourth-order valence-electron chi connectivity index (χ4n) is 1.92. The van der Waals surface area contributed by atoms with Crippen molar-refractivity contribution in [1.29, 1.82) is 5.26 Å². The summed E-state index contributed by atoms with van der Waals surface area (Å²) >= 11 is 0. The SMILES string of the molecule is CCOC1=CC(=C(C#N)c2ccccc2)C=CC1=NO. The van der Waals surface area contributed by atoms with Gasteiger partial charge in [-0.25, -0.2) is 0 Å². The second-order valence-corrected chi connectivity index (χ2v) is 4.07. The molecule has 0 aliphatic heterocycles. The third-order valence-electron chi connectivity index (χ3n) is 2.83. The molecular weight excluding hydrogens is 252 g/mol. The lowest BCUT2D eigenvalue weighted by Gasteiger charge is -2.13. The van der Waals surface area contributed by atoms with E-state index in [-0.39, 0.29) is 0 Å². The molecule has 0 spiro atoms. The lowest BCUT2D eigenvalue weighted by Crippen LogP contribution is -2.08. The minimum Gasteiger partial charge on any atom is -0.491 e. The van der Waals surface area contributed by atoms with Crippen LogP contribution in [0.4, 0.5) is 0 Å². The summed E-state index contributed by atoms with van der Waals surface area (Å²) in [7, 11) is 0. The number of hydrogen-bond donors (Lipinski definition) is 1. The number of oxime groups is 1. The van der Waals surface area contributed by atoms with Gasteiger partial charge in [0.2, 0.25) is 0 Å². The van der Waals surface area contributed by atoms with Crippen LogP contribution in [0.15, 0.2) is 65.0 Å². The van der Waals surface area contributed by atoms with Crippen LogP contribution in [0.2, 0.25) is 0 Å². The smallest absolute Gasteiger partial charge is 0.148 e. The van der Waals surface area contributed by atoms with Crippen LogP contribution >= 0.6 is 0 Å². The van der Waals surface area contributed by atoms with Gasteiger partial charge in [-0.1, -0.05) is 41.6 Å². The summed E-state index contributed by atoms with van der Waals surface area (Å²) in [6, 6.07) is 11.6. The molecule has 0 aromatic heterocycles. The van der Waals surface area contributed by atoms with Crippen molar-refractivity contribution in [3.63, 3.8) is 0 Å². The fraction of sp³-hybridized carbons (Fsp3) is 0.125. The molecule has 4 nitrogen and oxygen atoms in total. The second-order valence-electron chi connectivity index (χ2n) is 4.07. The Labute approximate surface area is 117 Å². The maximum atomic E-state index is 9.38. The Kier molecular flexibility index (Phi) is 4.35. The van der Waals surface area contributed by atoms with E-state index in [1.54, 1.807) is 18.2 Å². The van der Waals surface area contributed by atoms with Gasteiger partial charge in [0.1, 0.15) is 17.5 Å². The first-order chi connectivity index (χ1) is 9.80. The normalized spacial score (nSPS) is 18.4. The quantitative estimate of drug-likeness (QED) is 0.518. The summed E-state index contributed by atoms with van der Waals surface area (Å²) in [5, 5.41) is 21.5. The van der Waals surface area contributed by atoms with Gasteiger partial charge < -0.3 is 9.94 Å². The zero-order valence-corrected chi connectivity index (χ0v) is 11.1. The van der Waals surface area contributed by atoms with E-state index >= 15 is 0 Å². The first-order valence-electron chi connectivity index (χ1n) is 6.25. The van der Waals surface area contributed by atoms with Gasteiger partial charge in [-0.15, -0.1) is 0 Å². The van der Waals surface area contributed by atoms with Gasteiger partial charge in [-0.2, -0.15) is 5.26 Å². The number of rotatable bonds is 3. The molecule has 1 aromatic carbocycles. The average molecular weight is 266 g/mol. The Morgan fingerprint density at radius 1 is 1.30 bits per heavy atom. The van der Waals surface area contributed by atoms with Gasteiger partial charge in [-0.05, 0) is 30.2 Å². The number of hydrogen-bond acceptors (Lipinski definition) is 4. The molecular formula is C16H14N2O2. The first kappa shape index (κ1) is 13.6. The maximum Gasteiger partial charge on any atom is 0.148 e. The zero-order valence-electron chi connectivity index (χ0n) is 11.1. The van der Waals surface area contributed by atoms with Crippen molar-refractivity contribution in [1.82, 2.24) is 0 Å². The predicted octanol–water partition coefficient (Wildman–Crippen LogP) is 3.28. The zero-order chi connectivity index (χ0) is 14.4. The van der Waals surface area contributed by atoms with E-state index in [1.807, 2.05) is 37.3 Å². The number of benzene rings is 1. The van der Waals surface area contributed by atoms with Crippen LogP contribution in [-0.4, -0.2) is 17.5 Å². The van der Waals surface area contributed by atoms with E-state index in [1.165, 1.54) is 0 Å². The molecule has 4 heteroatoms. The van der Waals surface area contributed by atoms with Crippen LogP contribution in [-0.2, 0) is 4.74 Å². The Morgan fingerprint density at radius 2 is 2.05 bits per heavy atom. The van der Waals surface area contributed by atoms with Crippen LogP contribution in [0, 0.1) is 11.3 Å². The second kappa shape index (κ2) is 6.39. The lowest BCUT2D eigenvalue weighted by molar-refractivity contribution is 0.244. The summed E-state index contributed by atoms with van der Waals surface area (Å²) in [5.41, 5.74) is 2.47. The van der Waals surface area contributed by atoms with Gasteiger partial charge in [0, 0.05) is 0 Å². The Hall–Kier alpha value is -2.80. The molecule has 0 unspecified atom stereocenters. The largest absolute Gasteiger partial charge is 0.491 e. The number of nitrogens with zero attached hydrogens (tertiary/aromatic N) is 2. The van der Waals surface area contributed by atoms with Crippen molar-refractivity contribution < 1.29 is 9.94 Å². The van der Waals surface area contributed by atoms with Crippen molar-refractivity contribution >= 4 is 11.3 Å². The van der Waals surface area contributed by atoms with Crippen molar-refractivity contribution in [2.75, 3.05) is 6.61 Å². The van der Waals surface area contributed by atoms with E-state index < -0.39 is 0 Å². The van der Waals surface area contributed by atoms with Gasteiger partial charge in [0.15, 0.2) is 0 Å². The molecule has 0 fully saturated rings. The molecule has 1 N–H and O–H groups in total. The highest BCUT2D eigenvalue weighted by atomic mass is 16.5. The fourth-order valence-corrected chi connectivity index (χ4v) is 1.92. The molecule has 1 aliphatic carbocycles. The van der Waals surface area contributed by atoms with Crippen molar-refractivity contribution in [2.45, 2.75) is 6.92 Å². The minimum absolute atomic E-state index is 0.348. The van der Waals surface area contributed by atoms with Gasteiger partial charge in [-0.3, -0.25) is 0 Å². The van der Waals surface area contributed by atoms with E-state index in [0.29, 0.717) is 23.7 Å². The molecule has 0 atom stereocenters. The number of nitriles is 1. The Morgan fingerprint density at radius 3 is 2.65 bits per heavy atom. The minimum atomic E-state index is 0.348. The highest BCUT2D eigenvalue weighted by Gasteiger charge is 2.15. The van der Waals surface area contributed by atoms with Crippen LogP contribution in [0.1, 0.15) is 12.5 Å². The van der Waals surface area contributed by atoms with E-state index in [2.05, 4.69) is 11.2 Å². The number of ether oxygens (including phenoxy) is 1. The van der Waals surface area contributed by atoms with Gasteiger partial charge in [0.05, 0.1) is 12.2 Å². The first-order valence-corrected chi connectivity index (χ1v) is 6.25. The average Bonchev–Trinajstić information content (AvgIpc) is 2.50. The van der Waals surface area contributed by atoms with E-state index in [9.17, 15) is 5.26 Å². The summed E-state index contributed by atoms with van der Waals surface area (Å²) < 4.78 is 5.42. The van der Waals surface area contributed by atoms with Crippen molar-refractivity contribution in [3.8, 4) is 6.07 Å². The molecule has 1 aliphatic rings. The molecule has 1 aromatic rings. The summed E-state index contributed by atoms with van der Waals surface area (Å²) in [6.45, 7) is 2.30. The Balaban J connectivity index is 2.50. The molecule has 0 saturated carbocycles. The predicted molar refractivity (Wildman–Crippen MR) is 77.0 cm³/mol. The third-order valence-corrected chi connectivity index (χ3v) is 2.83. The molecule has 0 amide bonds. The molecule has 0 bridgehead atoms. The molecule has 100 valence electrons. The number of allylic oxidation sites excluding steroid dienone is 5. The van der Waals surface area contributed by atoms with Crippen LogP contribution < -0.4 is 0 Å². The topological polar surface area (TPSA) is 65.6 Å². The van der Waals surface area contributed by atoms with Crippen LogP contribution in [0.5, 0.6) is 0 Å². The van der Waals surface area contributed by atoms with Crippen molar-refractivity contribution in [2.24, 2.45) is 5.16 Å². The molecule has 0 radical (unpaired) electrons. The Bertz CT molecular complexity index is 647. The van der Waals surface area contributed by atoms with Crippen LogP contribution in [0.3, 0.4) is 0 Å². The standard InChI is InChI=1S/C16H14N2O2/c1-2-20-16-10-13(8-9-15(16)18-19)14(11-17)12-6-4-3-5-7-12/h3-10,19H,2H2,1H3. The van der Waals surface area contributed by atoms with Gasteiger partial charge >= 0.3 is 0 Å². The monoisotopic (exact) mass is 266 g/mol. The molecule has 0 heterocycles. The lowest BCUT2D eigenvalue weighted by atomic mass is 9.96. The molecule has 2 rings (SSSR count). The molecule has 0 saturated heterocycles. The highest BCUT2D eigenvalue weighted by molar-refractivity contribution is 6.09.